The van der Waals surface area contributed by atoms with Crippen molar-refractivity contribution in [2.45, 2.75) is 38.5 Å². The monoisotopic (exact) mass is 346 g/mol. The summed E-state index contributed by atoms with van der Waals surface area (Å²) in [5.41, 5.74) is 1.66. The Labute approximate surface area is 147 Å². The van der Waals surface area contributed by atoms with E-state index in [1.807, 2.05) is 44.6 Å². The number of aromatic nitrogens is 3. The summed E-state index contributed by atoms with van der Waals surface area (Å²) in [6.07, 6.45) is 3.36. The second-order valence-corrected chi connectivity index (χ2v) is 7.07. The fourth-order valence-electron chi connectivity index (χ4n) is 3.42. The lowest BCUT2D eigenvalue weighted by molar-refractivity contribution is 0.0438. The summed E-state index contributed by atoms with van der Waals surface area (Å²) < 4.78 is 7.65. The van der Waals surface area contributed by atoms with Gasteiger partial charge in [-0.15, -0.1) is 0 Å². The van der Waals surface area contributed by atoms with Gasteiger partial charge in [0.15, 0.2) is 0 Å². The molecule has 0 aliphatic heterocycles. The van der Waals surface area contributed by atoms with Gasteiger partial charge in [-0.2, -0.15) is 5.10 Å². The Morgan fingerprint density at radius 2 is 2.08 bits per heavy atom. The molecule has 1 aliphatic carbocycles. The van der Waals surface area contributed by atoms with Crippen LogP contribution in [0.1, 0.15) is 24.1 Å². The molecule has 0 amide bonds. The normalized spacial score (nSPS) is 26.1. The average Bonchev–Trinajstić information content (AvgIpc) is 3.10. The highest BCUT2D eigenvalue weighted by molar-refractivity contribution is 5.15. The number of aliphatic hydroxyl groups excluding tert-OH is 2. The van der Waals surface area contributed by atoms with Gasteiger partial charge in [0.25, 0.3) is 0 Å². The molecule has 2 heterocycles. The number of aryl methyl sites for hydroxylation is 2. The molecule has 0 aromatic carbocycles. The summed E-state index contributed by atoms with van der Waals surface area (Å²) in [7, 11) is 1.89. The van der Waals surface area contributed by atoms with Gasteiger partial charge in [-0.05, 0) is 25.8 Å². The standard InChI is InChI=1S/C18H26N4O3/c1-13-4-3-5-17(21-13)25-12-18(6-15(23)16(24)7-18)11-19-8-14-9-20-22(2)10-14/h3-5,9-10,15-16,19,23-24H,6-8,11-12H2,1-2H3. The molecule has 2 unspecified atom stereocenters. The first-order valence-corrected chi connectivity index (χ1v) is 8.57. The molecule has 0 saturated heterocycles. The van der Waals surface area contributed by atoms with Gasteiger partial charge in [-0.3, -0.25) is 4.68 Å². The highest BCUT2D eigenvalue weighted by Gasteiger charge is 2.44. The largest absolute Gasteiger partial charge is 0.477 e. The van der Waals surface area contributed by atoms with Crippen LogP contribution in [0.3, 0.4) is 0 Å². The molecule has 2 atom stereocenters. The number of aliphatic hydroxyl groups is 2. The van der Waals surface area contributed by atoms with Crippen LogP contribution in [0, 0.1) is 12.3 Å². The molecule has 0 radical (unpaired) electrons. The Kier molecular flexibility index (Phi) is 5.36. The van der Waals surface area contributed by atoms with Crippen molar-refractivity contribution in [2.24, 2.45) is 12.5 Å². The maximum atomic E-state index is 10.0. The quantitative estimate of drug-likeness (QED) is 0.687. The van der Waals surface area contributed by atoms with Crippen molar-refractivity contribution >= 4 is 0 Å². The number of pyridine rings is 1. The Hall–Kier alpha value is -1.96. The predicted octanol–water partition coefficient (Wildman–Crippen LogP) is 0.794. The van der Waals surface area contributed by atoms with Crippen molar-refractivity contribution < 1.29 is 14.9 Å². The number of rotatable bonds is 7. The third kappa shape index (κ3) is 4.56. The molecular weight excluding hydrogens is 320 g/mol. The summed E-state index contributed by atoms with van der Waals surface area (Å²) in [5, 5.41) is 27.6. The van der Waals surface area contributed by atoms with Gasteiger partial charge >= 0.3 is 0 Å². The van der Waals surface area contributed by atoms with Crippen LogP contribution in [0.2, 0.25) is 0 Å². The fourth-order valence-corrected chi connectivity index (χ4v) is 3.42. The summed E-state index contributed by atoms with van der Waals surface area (Å²) in [4.78, 5) is 4.36. The third-order valence-corrected chi connectivity index (χ3v) is 4.70. The molecule has 1 aliphatic rings. The molecule has 1 fully saturated rings. The lowest BCUT2D eigenvalue weighted by Gasteiger charge is -2.29. The molecule has 2 aromatic heterocycles. The topological polar surface area (TPSA) is 92.4 Å². The molecule has 7 heteroatoms. The van der Waals surface area contributed by atoms with Crippen molar-refractivity contribution in [1.29, 1.82) is 0 Å². The molecule has 25 heavy (non-hydrogen) atoms. The molecule has 136 valence electrons. The number of nitrogens with one attached hydrogen (secondary N) is 1. The minimum Gasteiger partial charge on any atom is -0.477 e. The maximum Gasteiger partial charge on any atom is 0.213 e. The lowest BCUT2D eigenvalue weighted by atomic mass is 9.86. The number of hydrogen-bond acceptors (Lipinski definition) is 6. The van der Waals surface area contributed by atoms with Crippen LogP contribution in [-0.4, -0.2) is 50.3 Å². The molecule has 2 aromatic rings. The molecular formula is C18H26N4O3. The minimum atomic E-state index is -0.714. The second-order valence-electron chi connectivity index (χ2n) is 7.07. The van der Waals surface area contributed by atoms with E-state index in [4.69, 9.17) is 4.74 Å². The van der Waals surface area contributed by atoms with Gasteiger partial charge in [0, 0.05) is 49.1 Å². The van der Waals surface area contributed by atoms with Crippen LogP contribution in [0.5, 0.6) is 5.88 Å². The van der Waals surface area contributed by atoms with Crippen LogP contribution < -0.4 is 10.1 Å². The zero-order chi connectivity index (χ0) is 17.9. The number of nitrogens with zero attached hydrogens (tertiary/aromatic N) is 3. The van der Waals surface area contributed by atoms with Crippen LogP contribution in [0.15, 0.2) is 30.6 Å². The summed E-state index contributed by atoms with van der Waals surface area (Å²) >= 11 is 0. The van der Waals surface area contributed by atoms with Gasteiger partial charge < -0.3 is 20.3 Å². The van der Waals surface area contributed by atoms with Crippen LogP contribution in [0.25, 0.3) is 0 Å². The van der Waals surface area contributed by atoms with Gasteiger partial charge in [-0.1, -0.05) is 6.07 Å². The second kappa shape index (κ2) is 7.51. The van der Waals surface area contributed by atoms with E-state index in [0.29, 0.717) is 38.4 Å². The first kappa shape index (κ1) is 17.8. The van der Waals surface area contributed by atoms with Crippen molar-refractivity contribution in [3.63, 3.8) is 0 Å². The van der Waals surface area contributed by atoms with Gasteiger partial charge in [0.1, 0.15) is 0 Å². The zero-order valence-corrected chi connectivity index (χ0v) is 14.7. The van der Waals surface area contributed by atoms with E-state index in [9.17, 15) is 10.2 Å². The van der Waals surface area contributed by atoms with E-state index in [1.165, 1.54) is 0 Å². The SMILES string of the molecule is Cc1cccc(OCC2(CNCc3cnn(C)c3)CC(O)C(O)C2)n1. The summed E-state index contributed by atoms with van der Waals surface area (Å²) in [5.74, 6) is 0.572. The van der Waals surface area contributed by atoms with Crippen LogP contribution >= 0.6 is 0 Å². The predicted molar refractivity (Wildman–Crippen MR) is 93.1 cm³/mol. The Bertz CT molecular complexity index is 693. The Morgan fingerprint density at radius 3 is 2.72 bits per heavy atom. The van der Waals surface area contributed by atoms with Crippen molar-refractivity contribution in [3.05, 3.63) is 41.9 Å². The highest BCUT2D eigenvalue weighted by atomic mass is 16.5. The van der Waals surface area contributed by atoms with E-state index in [-0.39, 0.29) is 5.41 Å². The average molecular weight is 346 g/mol. The zero-order valence-electron chi connectivity index (χ0n) is 14.7. The fraction of sp³-hybridized carbons (Fsp3) is 0.556. The molecule has 0 bridgehead atoms. The molecule has 3 N–H and O–H groups in total. The van der Waals surface area contributed by atoms with E-state index < -0.39 is 12.2 Å². The highest BCUT2D eigenvalue weighted by Crippen LogP contribution is 2.38. The lowest BCUT2D eigenvalue weighted by Crippen LogP contribution is -2.38. The molecule has 7 nitrogen and oxygen atoms in total. The molecule has 0 spiro atoms. The Morgan fingerprint density at radius 1 is 1.32 bits per heavy atom. The van der Waals surface area contributed by atoms with Crippen LogP contribution in [-0.2, 0) is 13.6 Å². The Balaban J connectivity index is 1.61. The van der Waals surface area contributed by atoms with Crippen LogP contribution in [0.4, 0.5) is 0 Å². The molecule has 1 saturated carbocycles. The van der Waals surface area contributed by atoms with Crippen molar-refractivity contribution in [1.82, 2.24) is 20.1 Å². The van der Waals surface area contributed by atoms with E-state index in [0.717, 1.165) is 11.3 Å². The summed E-state index contributed by atoms with van der Waals surface area (Å²) in [6.45, 7) is 3.64. The van der Waals surface area contributed by atoms with Gasteiger partial charge in [0.2, 0.25) is 5.88 Å². The van der Waals surface area contributed by atoms with Gasteiger partial charge in [0.05, 0.1) is 25.0 Å². The molecule has 3 rings (SSSR count). The first-order chi connectivity index (χ1) is 12.0. The van der Waals surface area contributed by atoms with Crippen molar-refractivity contribution in [2.75, 3.05) is 13.2 Å². The minimum absolute atomic E-state index is 0.327. The number of hydrogen-bond donors (Lipinski definition) is 3. The summed E-state index contributed by atoms with van der Waals surface area (Å²) in [6, 6.07) is 5.65. The smallest absolute Gasteiger partial charge is 0.213 e. The third-order valence-electron chi connectivity index (χ3n) is 4.70. The van der Waals surface area contributed by atoms with Crippen molar-refractivity contribution in [3.8, 4) is 5.88 Å². The van der Waals surface area contributed by atoms with E-state index in [2.05, 4.69) is 15.4 Å². The first-order valence-electron chi connectivity index (χ1n) is 8.57. The number of ether oxygens (including phenoxy) is 1. The van der Waals surface area contributed by atoms with E-state index in [1.54, 1.807) is 4.68 Å². The maximum absolute atomic E-state index is 10.0. The van der Waals surface area contributed by atoms with E-state index >= 15 is 0 Å². The van der Waals surface area contributed by atoms with Gasteiger partial charge in [-0.25, -0.2) is 4.98 Å².